The van der Waals surface area contributed by atoms with Crippen LogP contribution in [0.5, 0.6) is 0 Å². The number of carboxylic acids is 1. The molecule has 0 aromatic carbocycles. The normalized spacial score (nSPS) is 16.6. The van der Waals surface area contributed by atoms with Gasteiger partial charge in [0, 0.05) is 10.8 Å². The van der Waals surface area contributed by atoms with Gasteiger partial charge in [0.15, 0.2) is 0 Å². The molecule has 0 heterocycles. The lowest BCUT2D eigenvalue weighted by Crippen LogP contribution is -2.31. The monoisotopic (exact) mass is 218 g/mol. The molecule has 0 aliphatic heterocycles. The molecule has 1 N–H and O–H groups in total. The highest BCUT2D eigenvalue weighted by atomic mass is 32.2. The Hall–Kier alpha value is -0.590. The van der Waals surface area contributed by atoms with E-state index in [0.29, 0.717) is 0 Å². The van der Waals surface area contributed by atoms with Gasteiger partial charge >= 0.3 is 12.1 Å². The van der Waals surface area contributed by atoms with E-state index in [1.165, 1.54) is 6.92 Å². The number of halogens is 3. The number of alkyl halides is 3. The summed E-state index contributed by atoms with van der Waals surface area (Å²) in [4.78, 5) is 10.3. The zero-order valence-corrected chi connectivity index (χ0v) is 7.61. The van der Waals surface area contributed by atoms with Gasteiger partial charge in [0.2, 0.25) is 0 Å². The maximum Gasteiger partial charge on any atom is 0.400 e. The molecule has 0 saturated carbocycles. The van der Waals surface area contributed by atoms with E-state index < -0.39 is 33.9 Å². The van der Waals surface area contributed by atoms with Crippen LogP contribution in [-0.2, 0) is 15.6 Å². The average molecular weight is 218 g/mol. The largest absolute Gasteiger partial charge is 0.480 e. The maximum absolute atomic E-state index is 11.7. The molecule has 0 aliphatic carbocycles. The predicted molar refractivity (Wildman–Crippen MR) is 40.8 cm³/mol. The summed E-state index contributed by atoms with van der Waals surface area (Å²) in [6.45, 7) is 1.38. The predicted octanol–water partition coefficient (Wildman–Crippen LogP) is 1.16. The summed E-state index contributed by atoms with van der Waals surface area (Å²) in [5.41, 5.74) is 0. The van der Waals surface area contributed by atoms with Gasteiger partial charge in [-0.3, -0.25) is 9.00 Å². The molecule has 0 aromatic heterocycles. The molecule has 2 atom stereocenters. The zero-order chi connectivity index (χ0) is 10.6. The second-order valence-corrected chi connectivity index (χ2v) is 3.99. The molecule has 13 heavy (non-hydrogen) atoms. The van der Waals surface area contributed by atoms with E-state index in [4.69, 9.17) is 5.11 Å². The Morgan fingerprint density at radius 2 is 2.00 bits per heavy atom. The van der Waals surface area contributed by atoms with Crippen LogP contribution in [0.4, 0.5) is 13.2 Å². The summed E-state index contributed by atoms with van der Waals surface area (Å²) in [5.74, 6) is -3.01. The third-order valence-electron chi connectivity index (χ3n) is 1.27. The summed E-state index contributed by atoms with van der Waals surface area (Å²) >= 11 is 0. The topological polar surface area (TPSA) is 54.4 Å². The highest BCUT2D eigenvalue weighted by molar-refractivity contribution is 7.86. The molecule has 0 fully saturated rings. The molecule has 0 aliphatic rings. The first-order valence-electron chi connectivity index (χ1n) is 3.44. The fraction of sp³-hybridized carbons (Fsp3) is 0.833. The van der Waals surface area contributed by atoms with Crippen molar-refractivity contribution < 1.29 is 27.3 Å². The Kier molecular flexibility index (Phi) is 4.38. The van der Waals surface area contributed by atoms with Gasteiger partial charge < -0.3 is 5.11 Å². The summed E-state index contributed by atoms with van der Waals surface area (Å²) in [6, 6.07) is 0. The van der Waals surface area contributed by atoms with Crippen LogP contribution in [0.2, 0.25) is 0 Å². The Morgan fingerprint density at radius 3 is 2.23 bits per heavy atom. The third kappa shape index (κ3) is 4.87. The standard InChI is InChI=1S/C6H9F3O3S/c1-2-4(5(10)11)13(12)3-6(7,8)9/h4H,2-3H2,1H3,(H,10,11). The van der Waals surface area contributed by atoms with E-state index >= 15 is 0 Å². The van der Waals surface area contributed by atoms with Gasteiger partial charge in [0.1, 0.15) is 11.0 Å². The molecule has 0 bridgehead atoms. The van der Waals surface area contributed by atoms with Gasteiger partial charge in [-0.1, -0.05) is 6.92 Å². The second kappa shape index (κ2) is 4.59. The molecule has 7 heteroatoms. The highest BCUT2D eigenvalue weighted by Crippen LogP contribution is 2.18. The van der Waals surface area contributed by atoms with Crippen molar-refractivity contribution in [3.63, 3.8) is 0 Å². The van der Waals surface area contributed by atoms with E-state index in [1.807, 2.05) is 0 Å². The van der Waals surface area contributed by atoms with Crippen LogP contribution in [0.25, 0.3) is 0 Å². The van der Waals surface area contributed by atoms with Crippen molar-refractivity contribution >= 4 is 16.8 Å². The van der Waals surface area contributed by atoms with Gasteiger partial charge in [-0.15, -0.1) is 0 Å². The Balaban J connectivity index is 4.32. The number of rotatable bonds is 4. The molecule has 0 spiro atoms. The van der Waals surface area contributed by atoms with Crippen molar-refractivity contribution in [2.24, 2.45) is 0 Å². The number of aliphatic carboxylic acids is 1. The van der Waals surface area contributed by atoms with E-state index in [1.54, 1.807) is 0 Å². The smallest absolute Gasteiger partial charge is 0.400 e. The summed E-state index contributed by atoms with van der Waals surface area (Å²) in [6.07, 6.45) is -4.65. The van der Waals surface area contributed by atoms with E-state index in [2.05, 4.69) is 0 Å². The van der Waals surface area contributed by atoms with Gasteiger partial charge in [0.25, 0.3) is 0 Å². The number of hydrogen-bond acceptors (Lipinski definition) is 2. The van der Waals surface area contributed by atoms with Crippen LogP contribution in [0, 0.1) is 0 Å². The first-order chi connectivity index (χ1) is 5.78. The van der Waals surface area contributed by atoms with Crippen molar-refractivity contribution in [1.29, 1.82) is 0 Å². The second-order valence-electron chi connectivity index (χ2n) is 2.38. The van der Waals surface area contributed by atoms with Crippen LogP contribution in [0.1, 0.15) is 13.3 Å². The maximum atomic E-state index is 11.7. The lowest BCUT2D eigenvalue weighted by Gasteiger charge is -2.11. The van der Waals surface area contributed by atoms with Crippen molar-refractivity contribution in [2.75, 3.05) is 5.75 Å². The SMILES string of the molecule is CCC(C(=O)O)S(=O)CC(F)(F)F. The average Bonchev–Trinajstić information content (AvgIpc) is 1.82. The zero-order valence-electron chi connectivity index (χ0n) is 6.80. The Bertz CT molecular complexity index is 214. The molecule has 2 unspecified atom stereocenters. The fourth-order valence-electron chi connectivity index (χ4n) is 0.735. The van der Waals surface area contributed by atoms with Crippen LogP contribution in [-0.4, -0.2) is 32.5 Å². The molecular formula is C6H9F3O3S. The van der Waals surface area contributed by atoms with Crippen molar-refractivity contribution in [1.82, 2.24) is 0 Å². The van der Waals surface area contributed by atoms with Gasteiger partial charge in [0.05, 0.1) is 0 Å². The first kappa shape index (κ1) is 12.4. The minimum absolute atomic E-state index is 0.0714. The van der Waals surface area contributed by atoms with Crippen molar-refractivity contribution in [3.05, 3.63) is 0 Å². The molecule has 0 rings (SSSR count). The van der Waals surface area contributed by atoms with Crippen molar-refractivity contribution in [2.45, 2.75) is 24.8 Å². The van der Waals surface area contributed by atoms with Crippen LogP contribution < -0.4 is 0 Å². The minimum Gasteiger partial charge on any atom is -0.480 e. The van der Waals surface area contributed by atoms with E-state index in [-0.39, 0.29) is 6.42 Å². The lowest BCUT2D eigenvalue weighted by atomic mass is 10.3. The molecule has 0 aromatic rings. The number of carbonyl (C=O) groups is 1. The van der Waals surface area contributed by atoms with Gasteiger partial charge in [-0.05, 0) is 6.42 Å². The minimum atomic E-state index is -4.58. The van der Waals surface area contributed by atoms with Crippen molar-refractivity contribution in [3.8, 4) is 0 Å². The molecular weight excluding hydrogens is 209 g/mol. The van der Waals surface area contributed by atoms with Crippen LogP contribution in [0.3, 0.4) is 0 Å². The fourth-order valence-corrected chi connectivity index (χ4v) is 1.86. The van der Waals surface area contributed by atoms with Gasteiger partial charge in [-0.2, -0.15) is 13.2 Å². The Labute approximate surface area is 75.4 Å². The van der Waals surface area contributed by atoms with E-state index in [9.17, 15) is 22.2 Å². The van der Waals surface area contributed by atoms with Crippen LogP contribution >= 0.6 is 0 Å². The summed E-state index contributed by atoms with van der Waals surface area (Å²) < 4.78 is 45.9. The quantitative estimate of drug-likeness (QED) is 0.770. The lowest BCUT2D eigenvalue weighted by molar-refractivity contribution is -0.136. The van der Waals surface area contributed by atoms with Gasteiger partial charge in [-0.25, -0.2) is 0 Å². The summed E-state index contributed by atoms with van der Waals surface area (Å²) in [5, 5.41) is 6.95. The molecule has 0 amide bonds. The van der Waals surface area contributed by atoms with E-state index in [0.717, 1.165) is 0 Å². The highest BCUT2D eigenvalue weighted by Gasteiger charge is 2.35. The summed E-state index contributed by atoms with van der Waals surface area (Å²) in [7, 11) is -2.38. The molecule has 0 radical (unpaired) electrons. The molecule has 78 valence electrons. The molecule has 3 nitrogen and oxygen atoms in total. The number of hydrogen-bond donors (Lipinski definition) is 1. The van der Waals surface area contributed by atoms with Crippen LogP contribution in [0.15, 0.2) is 0 Å². The molecule has 0 saturated heterocycles. The first-order valence-corrected chi connectivity index (χ1v) is 4.83. The third-order valence-corrected chi connectivity index (χ3v) is 3.05. The Morgan fingerprint density at radius 1 is 1.54 bits per heavy atom. The number of carboxylic acid groups (broad SMARTS) is 1.